The van der Waals surface area contributed by atoms with Crippen LogP contribution in [0.1, 0.15) is 44.6 Å². The number of imide groups is 1. The fourth-order valence-corrected chi connectivity index (χ4v) is 4.07. The molecule has 1 saturated carbocycles. The molecule has 146 valence electrons. The maximum atomic E-state index is 12.9. The molecule has 0 bridgehead atoms. The van der Waals surface area contributed by atoms with Gasteiger partial charge >= 0.3 is 6.03 Å². The van der Waals surface area contributed by atoms with E-state index in [2.05, 4.69) is 12.2 Å². The molecule has 1 spiro atoms. The van der Waals surface area contributed by atoms with E-state index in [1.165, 1.54) is 4.90 Å². The Morgan fingerprint density at radius 3 is 2.48 bits per heavy atom. The lowest BCUT2D eigenvalue weighted by Gasteiger charge is -2.34. The molecule has 2 aliphatic rings. The number of urea groups is 1. The fraction of sp³-hybridized carbons (Fsp3) is 0.550. The van der Waals surface area contributed by atoms with Crippen LogP contribution < -0.4 is 5.32 Å². The van der Waals surface area contributed by atoms with E-state index in [4.69, 9.17) is 11.6 Å². The Labute approximate surface area is 164 Å². The number of carbonyl (C=O) groups is 3. The van der Waals surface area contributed by atoms with E-state index in [0.29, 0.717) is 30.3 Å². The van der Waals surface area contributed by atoms with Crippen LogP contribution >= 0.6 is 11.6 Å². The molecule has 1 saturated heterocycles. The molecule has 1 N–H and O–H groups in total. The Kier molecular flexibility index (Phi) is 5.75. The average molecular weight is 392 g/mol. The average Bonchev–Trinajstić information content (AvgIpc) is 2.88. The van der Waals surface area contributed by atoms with Gasteiger partial charge in [-0.25, -0.2) is 4.79 Å². The molecule has 1 aliphatic carbocycles. The Balaban J connectivity index is 1.61. The number of nitrogens with one attached hydrogen (secondary N) is 1. The van der Waals surface area contributed by atoms with Gasteiger partial charge in [-0.05, 0) is 49.3 Å². The molecule has 3 rings (SSSR count). The van der Waals surface area contributed by atoms with Crippen LogP contribution in [0.15, 0.2) is 24.3 Å². The Morgan fingerprint density at radius 2 is 1.89 bits per heavy atom. The highest BCUT2D eigenvalue weighted by Crippen LogP contribution is 2.37. The van der Waals surface area contributed by atoms with Gasteiger partial charge in [-0.2, -0.15) is 0 Å². The van der Waals surface area contributed by atoms with Crippen molar-refractivity contribution in [1.82, 2.24) is 15.1 Å². The Hall–Kier alpha value is -2.08. The number of nitrogens with zero attached hydrogens (tertiary/aromatic N) is 2. The first kappa shape index (κ1) is 19.7. The molecule has 27 heavy (non-hydrogen) atoms. The summed E-state index contributed by atoms with van der Waals surface area (Å²) in [4.78, 5) is 40.4. The van der Waals surface area contributed by atoms with Crippen molar-refractivity contribution in [2.24, 2.45) is 5.92 Å². The summed E-state index contributed by atoms with van der Waals surface area (Å²) in [5.41, 5.74) is 0.124. The molecule has 7 heteroatoms. The second-order valence-corrected chi connectivity index (χ2v) is 8.07. The summed E-state index contributed by atoms with van der Waals surface area (Å²) >= 11 is 5.88. The van der Waals surface area contributed by atoms with Crippen LogP contribution in [0.4, 0.5) is 4.79 Å². The summed E-state index contributed by atoms with van der Waals surface area (Å²) in [6.07, 6.45) is 4.26. The van der Waals surface area contributed by atoms with Gasteiger partial charge in [0, 0.05) is 18.6 Å². The first-order valence-corrected chi connectivity index (χ1v) is 9.85. The SMILES string of the molecule is CCC1CCC2(CC1)NC(=O)N(CC(=O)N(C)Cc1ccc(Cl)cc1)C2=O. The van der Waals surface area contributed by atoms with Gasteiger partial charge in [0.15, 0.2) is 0 Å². The van der Waals surface area contributed by atoms with Gasteiger partial charge in [0.05, 0.1) is 0 Å². The van der Waals surface area contributed by atoms with Crippen molar-refractivity contribution in [2.45, 2.75) is 51.1 Å². The van der Waals surface area contributed by atoms with E-state index in [1.54, 1.807) is 19.2 Å². The highest BCUT2D eigenvalue weighted by molar-refractivity contribution is 6.30. The monoisotopic (exact) mass is 391 g/mol. The summed E-state index contributed by atoms with van der Waals surface area (Å²) in [6, 6.07) is 6.77. The fourth-order valence-electron chi connectivity index (χ4n) is 3.95. The molecule has 4 amide bonds. The van der Waals surface area contributed by atoms with E-state index in [1.807, 2.05) is 12.1 Å². The van der Waals surface area contributed by atoms with Gasteiger partial charge in [-0.1, -0.05) is 37.1 Å². The van der Waals surface area contributed by atoms with Gasteiger partial charge < -0.3 is 10.2 Å². The van der Waals surface area contributed by atoms with E-state index < -0.39 is 11.6 Å². The van der Waals surface area contributed by atoms with Crippen LogP contribution in [0.25, 0.3) is 0 Å². The zero-order valence-electron chi connectivity index (χ0n) is 15.8. The first-order valence-electron chi connectivity index (χ1n) is 9.47. The molecule has 0 aromatic heterocycles. The number of amides is 4. The molecular formula is C20H26ClN3O3. The van der Waals surface area contributed by atoms with Gasteiger partial charge in [0.1, 0.15) is 12.1 Å². The summed E-state index contributed by atoms with van der Waals surface area (Å²) in [7, 11) is 1.66. The van der Waals surface area contributed by atoms with Gasteiger partial charge in [0.2, 0.25) is 5.91 Å². The normalized spacial score (nSPS) is 25.0. The highest BCUT2D eigenvalue weighted by atomic mass is 35.5. The predicted molar refractivity (Wildman–Crippen MR) is 103 cm³/mol. The topological polar surface area (TPSA) is 69.7 Å². The van der Waals surface area contributed by atoms with Crippen molar-refractivity contribution in [1.29, 1.82) is 0 Å². The maximum absolute atomic E-state index is 12.9. The van der Waals surface area contributed by atoms with Crippen molar-refractivity contribution >= 4 is 29.4 Å². The molecule has 0 unspecified atom stereocenters. The van der Waals surface area contributed by atoms with Crippen molar-refractivity contribution in [2.75, 3.05) is 13.6 Å². The zero-order chi connectivity index (χ0) is 19.6. The minimum absolute atomic E-state index is 0.228. The van der Waals surface area contributed by atoms with E-state index in [0.717, 1.165) is 29.7 Å². The number of rotatable bonds is 5. The summed E-state index contributed by atoms with van der Waals surface area (Å²) in [5, 5.41) is 3.50. The molecule has 1 aromatic carbocycles. The second kappa shape index (κ2) is 7.89. The minimum Gasteiger partial charge on any atom is -0.340 e. The second-order valence-electron chi connectivity index (χ2n) is 7.63. The van der Waals surface area contributed by atoms with Gasteiger partial charge in [-0.15, -0.1) is 0 Å². The molecular weight excluding hydrogens is 366 g/mol. The van der Waals surface area contributed by atoms with E-state index in [9.17, 15) is 14.4 Å². The third kappa shape index (κ3) is 4.10. The molecule has 1 heterocycles. The van der Waals surface area contributed by atoms with Crippen molar-refractivity contribution < 1.29 is 14.4 Å². The van der Waals surface area contributed by atoms with Crippen LogP contribution in [0.5, 0.6) is 0 Å². The Bertz CT molecular complexity index is 726. The zero-order valence-corrected chi connectivity index (χ0v) is 16.6. The van der Waals surface area contributed by atoms with Crippen molar-refractivity contribution in [3.63, 3.8) is 0 Å². The number of hydrogen-bond acceptors (Lipinski definition) is 3. The molecule has 6 nitrogen and oxygen atoms in total. The number of carbonyl (C=O) groups excluding carboxylic acids is 3. The van der Waals surface area contributed by atoms with Gasteiger partial charge in [0.25, 0.3) is 5.91 Å². The van der Waals surface area contributed by atoms with Crippen molar-refractivity contribution in [3.05, 3.63) is 34.9 Å². The molecule has 0 radical (unpaired) electrons. The Morgan fingerprint density at radius 1 is 1.26 bits per heavy atom. The van der Waals surface area contributed by atoms with Gasteiger partial charge in [-0.3, -0.25) is 14.5 Å². The summed E-state index contributed by atoms with van der Waals surface area (Å²) in [6.45, 7) is 2.32. The summed E-state index contributed by atoms with van der Waals surface area (Å²) in [5.74, 6) is 0.0876. The van der Waals surface area contributed by atoms with Crippen LogP contribution in [-0.4, -0.2) is 46.8 Å². The van der Waals surface area contributed by atoms with Crippen LogP contribution in [0, 0.1) is 5.92 Å². The molecule has 2 fully saturated rings. The minimum atomic E-state index is -0.808. The number of benzene rings is 1. The first-order chi connectivity index (χ1) is 12.8. The third-order valence-corrected chi connectivity index (χ3v) is 6.09. The van der Waals surface area contributed by atoms with E-state index >= 15 is 0 Å². The predicted octanol–water partition coefficient (Wildman–Crippen LogP) is 3.19. The van der Waals surface area contributed by atoms with Crippen LogP contribution in [0.3, 0.4) is 0 Å². The maximum Gasteiger partial charge on any atom is 0.325 e. The summed E-state index contributed by atoms with van der Waals surface area (Å²) < 4.78 is 0. The lowest BCUT2D eigenvalue weighted by molar-refractivity contribution is -0.139. The number of likely N-dealkylation sites (N-methyl/N-ethyl adjacent to an activating group) is 1. The molecule has 1 aromatic rings. The third-order valence-electron chi connectivity index (χ3n) is 5.83. The largest absolute Gasteiger partial charge is 0.340 e. The van der Waals surface area contributed by atoms with Crippen LogP contribution in [0.2, 0.25) is 5.02 Å². The van der Waals surface area contributed by atoms with E-state index in [-0.39, 0.29) is 18.4 Å². The smallest absolute Gasteiger partial charge is 0.325 e. The number of halogens is 1. The van der Waals surface area contributed by atoms with Crippen molar-refractivity contribution in [3.8, 4) is 0 Å². The lowest BCUT2D eigenvalue weighted by Crippen LogP contribution is -2.50. The molecule has 1 aliphatic heterocycles. The lowest BCUT2D eigenvalue weighted by atomic mass is 9.75. The highest BCUT2D eigenvalue weighted by Gasteiger charge is 2.52. The standard InChI is InChI=1S/C20H26ClN3O3/c1-3-14-8-10-20(11-9-14)18(26)24(19(27)22-20)13-17(25)23(2)12-15-4-6-16(21)7-5-15/h4-7,14H,3,8-13H2,1-2H3,(H,22,27). The van der Waals surface area contributed by atoms with Crippen LogP contribution in [-0.2, 0) is 16.1 Å². The molecule has 0 atom stereocenters. The quantitative estimate of drug-likeness (QED) is 0.783. The number of hydrogen-bond donors (Lipinski definition) is 1.